The lowest BCUT2D eigenvalue weighted by Crippen LogP contribution is -2.01. The quantitative estimate of drug-likeness (QED) is 0.740. The minimum atomic E-state index is -0.174. The van der Waals surface area contributed by atoms with Crippen LogP contribution in [0.15, 0.2) is 24.3 Å². The number of benzene rings is 2. The summed E-state index contributed by atoms with van der Waals surface area (Å²) in [5.41, 5.74) is 5.01. The first-order chi connectivity index (χ1) is 10.0. The van der Waals surface area contributed by atoms with Gasteiger partial charge in [0.2, 0.25) is 0 Å². The van der Waals surface area contributed by atoms with Crippen LogP contribution in [-0.4, -0.2) is 15.3 Å². The molecular weight excluding hydrogens is 264 g/mol. The maximum absolute atomic E-state index is 10.4. The number of phenols is 3. The first-order valence-corrected chi connectivity index (χ1v) is 7.42. The van der Waals surface area contributed by atoms with Crippen molar-refractivity contribution < 1.29 is 15.3 Å². The second kappa shape index (κ2) is 6.08. The number of aromatic hydroxyl groups is 3. The van der Waals surface area contributed by atoms with Crippen molar-refractivity contribution in [2.45, 2.75) is 40.0 Å². The summed E-state index contributed by atoms with van der Waals surface area (Å²) >= 11 is 0. The van der Waals surface area contributed by atoms with Crippen LogP contribution in [0.25, 0.3) is 11.1 Å². The minimum absolute atomic E-state index is 0.155. The highest BCUT2D eigenvalue weighted by Gasteiger charge is 2.17. The normalized spacial score (nSPS) is 10.8. The highest BCUT2D eigenvalue weighted by molar-refractivity contribution is 5.77. The molecule has 2 rings (SSSR count). The molecule has 0 amide bonds. The van der Waals surface area contributed by atoms with E-state index in [0.29, 0.717) is 0 Å². The van der Waals surface area contributed by atoms with Gasteiger partial charge in [-0.15, -0.1) is 0 Å². The Morgan fingerprint density at radius 1 is 0.714 bits per heavy atom. The lowest BCUT2D eigenvalue weighted by Gasteiger charge is -2.19. The van der Waals surface area contributed by atoms with Crippen LogP contribution in [-0.2, 0) is 19.3 Å². The van der Waals surface area contributed by atoms with Crippen LogP contribution in [0.3, 0.4) is 0 Å². The second-order valence-electron chi connectivity index (χ2n) is 5.15. The average molecular weight is 286 g/mol. The van der Waals surface area contributed by atoms with Gasteiger partial charge >= 0.3 is 0 Å². The summed E-state index contributed by atoms with van der Waals surface area (Å²) in [7, 11) is 0. The Kier molecular flexibility index (Phi) is 4.41. The molecule has 21 heavy (non-hydrogen) atoms. The smallest absolute Gasteiger partial charge is 0.158 e. The number of phenolic OH excluding ortho intramolecular Hbond substituents is 3. The molecule has 0 bridgehead atoms. The third kappa shape index (κ3) is 2.68. The van der Waals surface area contributed by atoms with Gasteiger partial charge in [0.05, 0.1) is 0 Å². The van der Waals surface area contributed by atoms with Crippen LogP contribution in [0.1, 0.15) is 37.5 Å². The molecule has 0 heterocycles. The molecule has 0 atom stereocenters. The molecule has 2 aromatic carbocycles. The van der Waals surface area contributed by atoms with E-state index in [1.807, 2.05) is 6.07 Å². The Morgan fingerprint density at radius 3 is 1.90 bits per heavy atom. The van der Waals surface area contributed by atoms with Crippen molar-refractivity contribution in [1.29, 1.82) is 0 Å². The maximum Gasteiger partial charge on any atom is 0.158 e. The lowest BCUT2D eigenvalue weighted by molar-refractivity contribution is 0.404. The summed E-state index contributed by atoms with van der Waals surface area (Å²) in [6.07, 6.45) is 2.59. The van der Waals surface area contributed by atoms with Crippen molar-refractivity contribution >= 4 is 0 Å². The van der Waals surface area contributed by atoms with E-state index < -0.39 is 0 Å². The summed E-state index contributed by atoms with van der Waals surface area (Å²) in [6.45, 7) is 6.26. The molecule has 0 aliphatic carbocycles. The van der Waals surface area contributed by atoms with Crippen LogP contribution < -0.4 is 0 Å². The Hall–Kier alpha value is -2.16. The molecule has 0 saturated heterocycles. The van der Waals surface area contributed by atoms with E-state index in [1.165, 1.54) is 23.3 Å². The van der Waals surface area contributed by atoms with Gasteiger partial charge < -0.3 is 15.3 Å². The van der Waals surface area contributed by atoms with Gasteiger partial charge in [-0.25, -0.2) is 0 Å². The molecule has 3 N–H and O–H groups in total. The summed E-state index contributed by atoms with van der Waals surface area (Å²) in [6, 6.07) is 6.48. The van der Waals surface area contributed by atoms with E-state index in [9.17, 15) is 15.3 Å². The summed E-state index contributed by atoms with van der Waals surface area (Å²) in [4.78, 5) is 0. The number of aryl methyl sites for hydroxylation is 1. The molecule has 0 fully saturated rings. The van der Waals surface area contributed by atoms with Gasteiger partial charge in [0.25, 0.3) is 0 Å². The number of rotatable bonds is 4. The van der Waals surface area contributed by atoms with Crippen molar-refractivity contribution in [1.82, 2.24) is 0 Å². The molecule has 0 saturated carbocycles. The zero-order chi connectivity index (χ0) is 15.6. The number of hydrogen-bond donors (Lipinski definition) is 3. The van der Waals surface area contributed by atoms with E-state index in [2.05, 4.69) is 20.8 Å². The fourth-order valence-electron chi connectivity index (χ4n) is 2.97. The first kappa shape index (κ1) is 15.2. The average Bonchev–Trinajstić information content (AvgIpc) is 2.48. The van der Waals surface area contributed by atoms with E-state index in [-0.39, 0.29) is 17.2 Å². The SMILES string of the molecule is CCc1cc(O)c(-c2ccc(O)c(O)c2)c(CC)c1CC. The first-order valence-electron chi connectivity index (χ1n) is 7.42. The van der Waals surface area contributed by atoms with Crippen molar-refractivity contribution in [3.63, 3.8) is 0 Å². The molecule has 0 radical (unpaired) electrons. The van der Waals surface area contributed by atoms with Gasteiger partial charge in [0.15, 0.2) is 11.5 Å². The molecule has 2 aromatic rings. The molecule has 0 aromatic heterocycles. The largest absolute Gasteiger partial charge is 0.507 e. The van der Waals surface area contributed by atoms with Gasteiger partial charge in [-0.2, -0.15) is 0 Å². The fraction of sp³-hybridized carbons (Fsp3) is 0.333. The Morgan fingerprint density at radius 2 is 1.38 bits per heavy atom. The Bertz CT molecular complexity index is 660. The molecule has 3 heteroatoms. The Balaban J connectivity index is 2.75. The van der Waals surface area contributed by atoms with Gasteiger partial charge in [-0.1, -0.05) is 26.8 Å². The molecule has 0 aliphatic heterocycles. The van der Waals surface area contributed by atoms with Crippen LogP contribution in [0.2, 0.25) is 0 Å². The van der Waals surface area contributed by atoms with E-state index in [4.69, 9.17) is 0 Å². The summed E-state index contributed by atoms with van der Waals surface area (Å²) < 4.78 is 0. The van der Waals surface area contributed by atoms with E-state index in [1.54, 1.807) is 6.07 Å². The zero-order valence-electron chi connectivity index (χ0n) is 12.8. The predicted octanol–water partition coefficient (Wildman–Crippen LogP) is 4.16. The molecule has 0 unspecified atom stereocenters. The zero-order valence-corrected chi connectivity index (χ0v) is 12.8. The van der Waals surface area contributed by atoms with Crippen molar-refractivity contribution in [3.8, 4) is 28.4 Å². The molecule has 0 aliphatic rings. The standard InChI is InChI=1S/C18H22O3/c1-4-11-9-17(21)18(14(6-3)13(11)5-2)12-7-8-15(19)16(20)10-12/h7-10,19-21H,4-6H2,1-3H3. The van der Waals surface area contributed by atoms with Gasteiger partial charge in [-0.05, 0) is 59.7 Å². The Labute approximate surface area is 125 Å². The van der Waals surface area contributed by atoms with Gasteiger partial charge in [0.1, 0.15) is 5.75 Å². The molecule has 0 spiro atoms. The highest BCUT2D eigenvalue weighted by atomic mass is 16.3. The van der Waals surface area contributed by atoms with Crippen molar-refractivity contribution in [2.75, 3.05) is 0 Å². The summed E-state index contributed by atoms with van der Waals surface area (Å²) in [5, 5.41) is 29.6. The fourth-order valence-corrected chi connectivity index (χ4v) is 2.97. The van der Waals surface area contributed by atoms with Crippen molar-refractivity contribution in [3.05, 3.63) is 41.0 Å². The van der Waals surface area contributed by atoms with Crippen LogP contribution in [0.4, 0.5) is 0 Å². The lowest BCUT2D eigenvalue weighted by atomic mass is 9.87. The minimum Gasteiger partial charge on any atom is -0.507 e. The van der Waals surface area contributed by atoms with Gasteiger partial charge in [0, 0.05) is 5.56 Å². The third-order valence-corrected chi connectivity index (χ3v) is 3.97. The molecular formula is C18H22O3. The van der Waals surface area contributed by atoms with Crippen molar-refractivity contribution in [2.24, 2.45) is 0 Å². The highest BCUT2D eigenvalue weighted by Crippen LogP contribution is 2.40. The van der Waals surface area contributed by atoms with Crippen LogP contribution in [0, 0.1) is 0 Å². The molecule has 112 valence electrons. The van der Waals surface area contributed by atoms with E-state index in [0.717, 1.165) is 36.0 Å². The maximum atomic E-state index is 10.4. The monoisotopic (exact) mass is 286 g/mol. The number of hydrogen-bond acceptors (Lipinski definition) is 3. The predicted molar refractivity (Wildman–Crippen MR) is 85.0 cm³/mol. The summed E-state index contributed by atoms with van der Waals surface area (Å²) in [5.74, 6) is -0.102. The second-order valence-corrected chi connectivity index (χ2v) is 5.15. The van der Waals surface area contributed by atoms with Crippen LogP contribution in [0.5, 0.6) is 17.2 Å². The molecule has 3 nitrogen and oxygen atoms in total. The topological polar surface area (TPSA) is 60.7 Å². The van der Waals surface area contributed by atoms with Crippen LogP contribution >= 0.6 is 0 Å². The third-order valence-electron chi connectivity index (χ3n) is 3.97. The van der Waals surface area contributed by atoms with E-state index >= 15 is 0 Å². The van der Waals surface area contributed by atoms with Gasteiger partial charge in [-0.3, -0.25) is 0 Å².